The van der Waals surface area contributed by atoms with E-state index >= 15 is 0 Å². The third-order valence-corrected chi connectivity index (χ3v) is 1.67. The average Bonchev–Trinajstić information content (AvgIpc) is 2.11. The molecule has 0 heterocycles. The number of methoxy groups -OCH3 is 1. The molecule has 0 aromatic carbocycles. The fourth-order valence-corrected chi connectivity index (χ4v) is 0.820. The second-order valence-corrected chi connectivity index (χ2v) is 3.45. The number of hydrogen-bond donors (Lipinski definition) is 4. The molecular weight excluding hydrogens is 198 g/mol. The summed E-state index contributed by atoms with van der Waals surface area (Å²) in [5.41, 5.74) is 14.6. The fraction of sp³-hybridized carbons (Fsp3) is 0.750. The van der Waals surface area contributed by atoms with Crippen LogP contribution in [0.3, 0.4) is 0 Å². The Bertz CT molecular complexity index is 245. The van der Waals surface area contributed by atoms with Crippen LogP contribution in [0.4, 0.5) is 0 Å². The maximum Gasteiger partial charge on any atom is 0.218 e. The van der Waals surface area contributed by atoms with Crippen LogP contribution >= 0.6 is 0 Å². The van der Waals surface area contributed by atoms with Gasteiger partial charge < -0.3 is 27.0 Å². The summed E-state index contributed by atoms with van der Waals surface area (Å²) >= 11 is 0. The van der Waals surface area contributed by atoms with Gasteiger partial charge in [-0.3, -0.25) is 0 Å². The number of nitrogens with zero attached hydrogens (tertiary/aromatic N) is 2. The van der Waals surface area contributed by atoms with Crippen molar-refractivity contribution in [3.8, 4) is 0 Å². The molecule has 0 aliphatic carbocycles. The highest BCUT2D eigenvalue weighted by atomic mass is 16.5. The Labute approximate surface area is 89.0 Å². The molecule has 0 saturated carbocycles. The van der Waals surface area contributed by atoms with E-state index in [0.717, 1.165) is 0 Å². The third-order valence-electron chi connectivity index (χ3n) is 1.67. The van der Waals surface area contributed by atoms with Crippen LogP contribution in [0.15, 0.2) is 9.98 Å². The lowest BCUT2D eigenvalue weighted by Gasteiger charge is -2.20. The van der Waals surface area contributed by atoms with E-state index in [2.05, 4.69) is 9.98 Å². The van der Waals surface area contributed by atoms with Gasteiger partial charge in [0, 0.05) is 20.1 Å². The van der Waals surface area contributed by atoms with Crippen LogP contribution in [0.25, 0.3) is 0 Å². The molecule has 7 N–H and O–H groups in total. The van der Waals surface area contributed by atoms with Gasteiger partial charge in [-0.25, -0.2) is 4.99 Å². The maximum atomic E-state index is 9.77. The second kappa shape index (κ2) is 6.20. The van der Waals surface area contributed by atoms with Gasteiger partial charge in [0.2, 0.25) is 5.96 Å². The number of nitrogens with two attached hydrogens (primary N) is 3. The first-order valence-electron chi connectivity index (χ1n) is 4.48. The van der Waals surface area contributed by atoms with Crippen LogP contribution in [-0.4, -0.2) is 42.9 Å². The highest BCUT2D eigenvalue weighted by molar-refractivity contribution is 5.92. The molecule has 15 heavy (non-hydrogen) atoms. The predicted octanol–water partition coefficient (Wildman–Crippen LogP) is -1.64. The van der Waals surface area contributed by atoms with Crippen LogP contribution in [-0.2, 0) is 4.74 Å². The molecule has 0 saturated heterocycles. The molecule has 0 bridgehead atoms. The summed E-state index contributed by atoms with van der Waals surface area (Å²) in [6.45, 7) is 2.21. The van der Waals surface area contributed by atoms with Crippen molar-refractivity contribution in [1.29, 1.82) is 0 Å². The molecule has 0 spiro atoms. The Morgan fingerprint density at radius 2 is 2.00 bits per heavy atom. The molecule has 0 aromatic rings. The van der Waals surface area contributed by atoms with Gasteiger partial charge in [0.25, 0.3) is 0 Å². The van der Waals surface area contributed by atoms with E-state index in [9.17, 15) is 5.11 Å². The van der Waals surface area contributed by atoms with E-state index in [-0.39, 0.29) is 18.5 Å². The minimum absolute atomic E-state index is 0.0484. The van der Waals surface area contributed by atoms with Crippen molar-refractivity contribution in [2.75, 3.05) is 20.3 Å². The molecule has 0 aliphatic rings. The highest BCUT2D eigenvalue weighted by Crippen LogP contribution is 2.09. The summed E-state index contributed by atoms with van der Waals surface area (Å²) in [5.74, 6) is -0.208. The minimum Gasteiger partial charge on any atom is -0.388 e. The van der Waals surface area contributed by atoms with E-state index in [1.807, 2.05) is 0 Å². The first-order valence-corrected chi connectivity index (χ1v) is 4.48. The summed E-state index contributed by atoms with van der Waals surface area (Å²) < 4.78 is 4.84. The molecule has 0 amide bonds. The van der Waals surface area contributed by atoms with Gasteiger partial charge in [-0.05, 0) is 6.92 Å². The lowest BCUT2D eigenvalue weighted by molar-refractivity contribution is 0.0326. The minimum atomic E-state index is -0.973. The summed E-state index contributed by atoms with van der Waals surface area (Å²) in [5, 5.41) is 9.77. The maximum absolute atomic E-state index is 9.77. The van der Waals surface area contributed by atoms with Crippen LogP contribution in [0.1, 0.15) is 13.3 Å². The number of aliphatic imine (C=N–C) groups is 2. The zero-order valence-corrected chi connectivity index (χ0v) is 9.10. The molecule has 1 atom stereocenters. The van der Waals surface area contributed by atoms with E-state index in [1.165, 1.54) is 0 Å². The zero-order chi connectivity index (χ0) is 11.9. The van der Waals surface area contributed by atoms with Gasteiger partial charge in [0.1, 0.15) is 0 Å². The SMILES string of the molecule is COCCC(C)(O)CN=C(N)N=C(N)N. The molecule has 0 radical (unpaired) electrons. The fourth-order valence-electron chi connectivity index (χ4n) is 0.820. The van der Waals surface area contributed by atoms with Gasteiger partial charge in [-0.15, -0.1) is 0 Å². The Balaban J connectivity index is 4.17. The summed E-state index contributed by atoms with van der Waals surface area (Å²) in [7, 11) is 1.56. The molecule has 0 fully saturated rings. The molecule has 0 aromatic heterocycles. The zero-order valence-electron chi connectivity index (χ0n) is 9.10. The lowest BCUT2D eigenvalue weighted by atomic mass is 10.0. The summed E-state index contributed by atoms with van der Waals surface area (Å²) in [6, 6.07) is 0. The molecular formula is C8H19N5O2. The molecule has 0 aliphatic heterocycles. The largest absolute Gasteiger partial charge is 0.388 e. The smallest absolute Gasteiger partial charge is 0.218 e. The number of rotatable bonds is 5. The van der Waals surface area contributed by atoms with Crippen LogP contribution in [0.5, 0.6) is 0 Å². The Morgan fingerprint density at radius 3 is 2.47 bits per heavy atom. The monoisotopic (exact) mass is 217 g/mol. The molecule has 1 unspecified atom stereocenters. The van der Waals surface area contributed by atoms with Crippen molar-refractivity contribution < 1.29 is 9.84 Å². The van der Waals surface area contributed by atoms with E-state index < -0.39 is 5.60 Å². The van der Waals surface area contributed by atoms with Crippen molar-refractivity contribution in [3.05, 3.63) is 0 Å². The number of guanidine groups is 2. The van der Waals surface area contributed by atoms with Crippen molar-refractivity contribution in [3.63, 3.8) is 0 Å². The first kappa shape index (κ1) is 13.7. The van der Waals surface area contributed by atoms with Crippen LogP contribution < -0.4 is 17.2 Å². The number of ether oxygens (including phenoxy) is 1. The Kier molecular flexibility index (Phi) is 5.65. The highest BCUT2D eigenvalue weighted by Gasteiger charge is 2.19. The predicted molar refractivity (Wildman–Crippen MR) is 59.4 cm³/mol. The van der Waals surface area contributed by atoms with E-state index in [4.69, 9.17) is 21.9 Å². The van der Waals surface area contributed by atoms with Crippen molar-refractivity contribution >= 4 is 11.9 Å². The van der Waals surface area contributed by atoms with Crippen LogP contribution in [0, 0.1) is 0 Å². The quantitative estimate of drug-likeness (QED) is 0.324. The Morgan fingerprint density at radius 1 is 1.40 bits per heavy atom. The topological polar surface area (TPSA) is 132 Å². The summed E-state index contributed by atoms with van der Waals surface area (Å²) in [6.07, 6.45) is 0.460. The lowest BCUT2D eigenvalue weighted by Crippen LogP contribution is -2.32. The normalized spacial score (nSPS) is 15.8. The third kappa shape index (κ3) is 7.71. The molecule has 88 valence electrons. The van der Waals surface area contributed by atoms with Gasteiger partial charge >= 0.3 is 0 Å². The second-order valence-electron chi connectivity index (χ2n) is 3.45. The van der Waals surface area contributed by atoms with Crippen molar-refractivity contribution in [2.45, 2.75) is 18.9 Å². The Hall–Kier alpha value is -1.34. The van der Waals surface area contributed by atoms with E-state index in [0.29, 0.717) is 13.0 Å². The van der Waals surface area contributed by atoms with Gasteiger partial charge in [0.15, 0.2) is 5.96 Å². The van der Waals surface area contributed by atoms with Crippen molar-refractivity contribution in [1.82, 2.24) is 0 Å². The van der Waals surface area contributed by atoms with Gasteiger partial charge in [-0.2, -0.15) is 4.99 Å². The molecule has 0 rings (SSSR count). The van der Waals surface area contributed by atoms with E-state index in [1.54, 1.807) is 14.0 Å². The van der Waals surface area contributed by atoms with Gasteiger partial charge in [0.05, 0.1) is 12.1 Å². The van der Waals surface area contributed by atoms with Crippen LogP contribution in [0.2, 0.25) is 0 Å². The van der Waals surface area contributed by atoms with Crippen molar-refractivity contribution in [2.24, 2.45) is 27.2 Å². The number of hydrogen-bond acceptors (Lipinski definition) is 3. The average molecular weight is 217 g/mol. The standard InChI is InChI=1S/C8H19N5O2/c1-8(14,3-4-15-2)5-12-7(11)13-6(9)10/h14H,3-5H2,1-2H3,(H6,9,10,11,12,13). The first-order chi connectivity index (χ1) is 6.87. The summed E-state index contributed by atoms with van der Waals surface area (Å²) in [4.78, 5) is 7.35. The molecule has 7 heteroatoms. The van der Waals surface area contributed by atoms with Gasteiger partial charge in [-0.1, -0.05) is 0 Å². The number of aliphatic hydroxyl groups is 1. The molecule has 7 nitrogen and oxygen atoms in total.